The van der Waals surface area contributed by atoms with Crippen molar-refractivity contribution in [3.8, 4) is 22.6 Å². The number of thioether (sulfide) groups is 1. The monoisotopic (exact) mass is 361 g/mol. The molecule has 1 heterocycles. The van der Waals surface area contributed by atoms with Gasteiger partial charge in [0.2, 0.25) is 0 Å². The summed E-state index contributed by atoms with van der Waals surface area (Å²) >= 11 is 1.69. The van der Waals surface area contributed by atoms with E-state index in [0.29, 0.717) is 0 Å². The summed E-state index contributed by atoms with van der Waals surface area (Å²) in [6, 6.07) is 20.5. The Morgan fingerprint density at radius 1 is 0.923 bits per heavy atom. The van der Waals surface area contributed by atoms with Gasteiger partial charge in [-0.1, -0.05) is 84.6 Å². The Hall–Kier alpha value is -2.26. The standard InChI is InChI=1S/C23H23NOS/c1-5-11-19(12-6-1)21-22(20-13-7-2-8-14-20)25-23(24-21)26-17-9-3-4-10-18-15-16-18/h1-8,11-14,18H,9-10,15-17H2/b4-3+. The van der Waals surface area contributed by atoms with Crippen LogP contribution in [0.1, 0.15) is 25.7 Å². The molecule has 0 aliphatic heterocycles. The van der Waals surface area contributed by atoms with E-state index in [4.69, 9.17) is 9.40 Å². The van der Waals surface area contributed by atoms with Crippen LogP contribution in [-0.2, 0) is 0 Å². The smallest absolute Gasteiger partial charge is 0.256 e. The number of hydrogen-bond acceptors (Lipinski definition) is 3. The fourth-order valence-corrected chi connectivity index (χ4v) is 3.64. The zero-order valence-electron chi connectivity index (χ0n) is 14.8. The van der Waals surface area contributed by atoms with Crippen LogP contribution < -0.4 is 0 Å². The van der Waals surface area contributed by atoms with E-state index < -0.39 is 0 Å². The van der Waals surface area contributed by atoms with Crippen molar-refractivity contribution in [2.75, 3.05) is 5.75 Å². The molecular formula is C23H23NOS. The highest BCUT2D eigenvalue weighted by atomic mass is 32.2. The van der Waals surface area contributed by atoms with E-state index in [1.54, 1.807) is 11.8 Å². The van der Waals surface area contributed by atoms with Gasteiger partial charge in [-0.15, -0.1) is 0 Å². The molecule has 1 fully saturated rings. The molecule has 1 aliphatic rings. The summed E-state index contributed by atoms with van der Waals surface area (Å²) < 4.78 is 6.14. The van der Waals surface area contributed by atoms with Gasteiger partial charge in [0.05, 0.1) is 0 Å². The first-order valence-corrected chi connectivity index (χ1v) is 10.3. The fraction of sp³-hybridized carbons (Fsp3) is 0.261. The molecule has 26 heavy (non-hydrogen) atoms. The lowest BCUT2D eigenvalue weighted by molar-refractivity contribution is 0.466. The topological polar surface area (TPSA) is 26.0 Å². The Kier molecular flexibility index (Phi) is 5.56. The summed E-state index contributed by atoms with van der Waals surface area (Å²) in [4.78, 5) is 4.79. The zero-order valence-corrected chi connectivity index (χ0v) is 15.6. The molecule has 0 amide bonds. The van der Waals surface area contributed by atoms with Gasteiger partial charge in [-0.2, -0.15) is 0 Å². The van der Waals surface area contributed by atoms with Crippen molar-refractivity contribution in [3.05, 3.63) is 72.8 Å². The van der Waals surface area contributed by atoms with Gasteiger partial charge in [-0.05, 0) is 31.6 Å². The minimum atomic E-state index is 0.748. The molecule has 0 N–H and O–H groups in total. The Bertz CT molecular complexity index is 793. The summed E-state index contributed by atoms with van der Waals surface area (Å²) in [7, 11) is 0. The minimum absolute atomic E-state index is 0.748. The summed E-state index contributed by atoms with van der Waals surface area (Å²) in [6.07, 6.45) is 9.77. The molecule has 132 valence electrons. The number of hydrogen-bond donors (Lipinski definition) is 0. The second-order valence-corrected chi connectivity index (χ2v) is 7.72. The third-order valence-corrected chi connectivity index (χ3v) is 5.40. The van der Waals surface area contributed by atoms with E-state index in [1.807, 2.05) is 36.4 Å². The summed E-state index contributed by atoms with van der Waals surface area (Å²) in [5, 5.41) is 0.748. The molecule has 0 bridgehead atoms. The van der Waals surface area contributed by atoms with E-state index in [0.717, 1.165) is 45.9 Å². The van der Waals surface area contributed by atoms with Crippen molar-refractivity contribution in [1.82, 2.24) is 4.98 Å². The van der Waals surface area contributed by atoms with Crippen LogP contribution in [-0.4, -0.2) is 10.7 Å². The molecular weight excluding hydrogens is 338 g/mol. The first-order valence-electron chi connectivity index (χ1n) is 9.29. The molecule has 3 aromatic rings. The second kappa shape index (κ2) is 8.41. The Labute approximate surface area is 159 Å². The van der Waals surface area contributed by atoms with Gasteiger partial charge in [-0.3, -0.25) is 0 Å². The Morgan fingerprint density at radius 3 is 2.31 bits per heavy atom. The van der Waals surface area contributed by atoms with Gasteiger partial charge in [0.15, 0.2) is 5.76 Å². The predicted molar refractivity (Wildman–Crippen MR) is 109 cm³/mol. The van der Waals surface area contributed by atoms with Gasteiger partial charge in [0.25, 0.3) is 5.22 Å². The quantitative estimate of drug-likeness (QED) is 0.249. The van der Waals surface area contributed by atoms with E-state index in [1.165, 1.54) is 19.3 Å². The van der Waals surface area contributed by atoms with Crippen molar-refractivity contribution >= 4 is 11.8 Å². The average Bonchev–Trinajstić information content (AvgIpc) is 3.43. The van der Waals surface area contributed by atoms with Crippen molar-refractivity contribution < 1.29 is 4.42 Å². The summed E-state index contributed by atoms with van der Waals surface area (Å²) in [5.74, 6) is 2.81. The molecule has 4 rings (SSSR count). The molecule has 1 aliphatic carbocycles. The van der Waals surface area contributed by atoms with Crippen molar-refractivity contribution in [3.63, 3.8) is 0 Å². The summed E-state index contributed by atoms with van der Waals surface area (Å²) in [5.41, 5.74) is 3.07. The lowest BCUT2D eigenvalue weighted by Gasteiger charge is -2.00. The molecule has 0 saturated heterocycles. The maximum Gasteiger partial charge on any atom is 0.256 e. The van der Waals surface area contributed by atoms with Crippen LogP contribution in [0.15, 0.2) is 82.5 Å². The molecule has 0 unspecified atom stereocenters. The van der Waals surface area contributed by atoms with Crippen LogP contribution in [0.5, 0.6) is 0 Å². The Morgan fingerprint density at radius 2 is 1.62 bits per heavy atom. The maximum absolute atomic E-state index is 6.14. The molecule has 3 heteroatoms. The van der Waals surface area contributed by atoms with Crippen molar-refractivity contribution in [2.45, 2.75) is 30.9 Å². The van der Waals surface area contributed by atoms with Gasteiger partial charge < -0.3 is 4.42 Å². The van der Waals surface area contributed by atoms with Crippen LogP contribution >= 0.6 is 11.8 Å². The Balaban J connectivity index is 1.48. The minimum Gasteiger partial charge on any atom is -0.431 e. The average molecular weight is 362 g/mol. The van der Waals surface area contributed by atoms with E-state index >= 15 is 0 Å². The lowest BCUT2D eigenvalue weighted by atomic mass is 10.1. The molecule has 2 aromatic carbocycles. The highest BCUT2D eigenvalue weighted by Gasteiger charge is 2.19. The van der Waals surface area contributed by atoms with Crippen LogP contribution in [0.2, 0.25) is 0 Å². The molecule has 1 saturated carbocycles. The van der Waals surface area contributed by atoms with E-state index in [-0.39, 0.29) is 0 Å². The van der Waals surface area contributed by atoms with E-state index in [9.17, 15) is 0 Å². The van der Waals surface area contributed by atoms with Gasteiger partial charge in [-0.25, -0.2) is 4.98 Å². The molecule has 0 atom stereocenters. The highest BCUT2D eigenvalue weighted by molar-refractivity contribution is 7.99. The first-order chi connectivity index (χ1) is 12.9. The van der Waals surface area contributed by atoms with Crippen LogP contribution in [0.4, 0.5) is 0 Å². The number of allylic oxidation sites excluding steroid dienone is 2. The fourth-order valence-electron chi connectivity index (χ4n) is 2.91. The van der Waals surface area contributed by atoms with Crippen molar-refractivity contribution in [1.29, 1.82) is 0 Å². The van der Waals surface area contributed by atoms with Crippen LogP contribution in [0.25, 0.3) is 22.6 Å². The van der Waals surface area contributed by atoms with Crippen LogP contribution in [0, 0.1) is 5.92 Å². The second-order valence-electron chi connectivity index (χ2n) is 6.68. The highest BCUT2D eigenvalue weighted by Crippen LogP contribution is 2.36. The van der Waals surface area contributed by atoms with Gasteiger partial charge >= 0.3 is 0 Å². The number of oxazole rings is 1. The van der Waals surface area contributed by atoms with Crippen molar-refractivity contribution in [2.24, 2.45) is 5.92 Å². The largest absolute Gasteiger partial charge is 0.431 e. The normalized spacial score (nSPS) is 14.2. The third kappa shape index (κ3) is 4.47. The predicted octanol–water partition coefficient (Wildman–Crippen LogP) is 6.85. The maximum atomic E-state index is 6.14. The SMILES string of the molecule is C(=C\CC1CC1)/CCSc1nc(-c2ccccc2)c(-c2ccccc2)o1. The van der Waals surface area contributed by atoms with Gasteiger partial charge in [0.1, 0.15) is 5.69 Å². The number of rotatable bonds is 8. The molecule has 0 radical (unpaired) electrons. The molecule has 2 nitrogen and oxygen atoms in total. The number of aromatic nitrogens is 1. The first kappa shape index (κ1) is 17.2. The van der Waals surface area contributed by atoms with E-state index in [2.05, 4.69) is 36.4 Å². The number of nitrogens with zero attached hydrogens (tertiary/aromatic N) is 1. The lowest BCUT2D eigenvalue weighted by Crippen LogP contribution is -1.82. The van der Waals surface area contributed by atoms with Crippen LogP contribution in [0.3, 0.4) is 0 Å². The molecule has 0 spiro atoms. The zero-order chi connectivity index (χ0) is 17.6. The van der Waals surface area contributed by atoms with Gasteiger partial charge in [0, 0.05) is 16.9 Å². The summed E-state index contributed by atoms with van der Waals surface area (Å²) in [6.45, 7) is 0. The molecule has 1 aromatic heterocycles. The third-order valence-electron chi connectivity index (χ3n) is 4.53. The number of benzene rings is 2.